The normalized spacial score (nSPS) is 12.0. The van der Waals surface area contributed by atoms with E-state index in [-0.39, 0.29) is 10.8 Å². The molecule has 0 atom stereocenters. The zero-order valence-corrected chi connectivity index (χ0v) is 13.7. The van der Waals surface area contributed by atoms with Crippen molar-refractivity contribution >= 4 is 50.2 Å². The van der Waals surface area contributed by atoms with Gasteiger partial charge in [0.05, 0.1) is 4.34 Å². The average molecular weight is 351 g/mol. The highest BCUT2D eigenvalue weighted by Gasteiger charge is 2.23. The van der Waals surface area contributed by atoms with Crippen molar-refractivity contribution < 1.29 is 8.42 Å². The first kappa shape index (κ1) is 15.6. The van der Waals surface area contributed by atoms with Gasteiger partial charge in [0.1, 0.15) is 4.21 Å². The molecular weight excluding hydrogens is 339 g/mol. The number of benzene rings is 1. The molecule has 1 aromatic carbocycles. The Kier molecular flexibility index (Phi) is 4.61. The van der Waals surface area contributed by atoms with Gasteiger partial charge in [-0.2, -0.15) is 4.31 Å². The molecular formula is C12H12Cl2N2O2S2. The smallest absolute Gasteiger partial charge is 0.252 e. The third-order valence-corrected chi connectivity index (χ3v) is 6.55. The highest BCUT2D eigenvalue weighted by Crippen LogP contribution is 2.29. The maximum atomic E-state index is 12.3. The van der Waals surface area contributed by atoms with Gasteiger partial charge in [-0.25, -0.2) is 8.42 Å². The van der Waals surface area contributed by atoms with E-state index in [0.29, 0.717) is 20.6 Å². The number of anilines is 1. The van der Waals surface area contributed by atoms with Gasteiger partial charge in [0.2, 0.25) is 0 Å². The Balaban J connectivity index is 2.27. The Morgan fingerprint density at radius 1 is 1.25 bits per heavy atom. The number of sulfonamides is 1. The quantitative estimate of drug-likeness (QED) is 0.858. The molecule has 0 amide bonds. The van der Waals surface area contributed by atoms with Gasteiger partial charge < -0.3 is 5.73 Å². The summed E-state index contributed by atoms with van der Waals surface area (Å²) in [7, 11) is -2.09. The molecule has 0 aliphatic rings. The third-order valence-electron chi connectivity index (χ3n) is 2.68. The van der Waals surface area contributed by atoms with Crippen molar-refractivity contribution in [3.05, 3.63) is 45.3 Å². The molecule has 8 heteroatoms. The van der Waals surface area contributed by atoms with Crippen LogP contribution in [0.1, 0.15) is 5.56 Å². The van der Waals surface area contributed by atoms with Gasteiger partial charge in [-0.05, 0) is 35.9 Å². The minimum absolute atomic E-state index is 0.141. The molecule has 0 bridgehead atoms. The summed E-state index contributed by atoms with van der Waals surface area (Å²) >= 11 is 12.8. The molecule has 0 saturated carbocycles. The van der Waals surface area contributed by atoms with E-state index in [0.717, 1.165) is 11.3 Å². The number of nitrogens with two attached hydrogens (primary N) is 1. The Morgan fingerprint density at radius 3 is 2.55 bits per heavy atom. The standard InChI is InChI=1S/C12H12Cl2N2O2S2/c1-16(7-8-6-9(15)2-3-10(8)13)20(17,18)12-5-4-11(14)19-12/h2-6H,7,15H2,1H3. The SMILES string of the molecule is CN(Cc1cc(N)ccc1Cl)S(=O)(=O)c1ccc(Cl)s1. The number of hydrogen-bond donors (Lipinski definition) is 1. The monoisotopic (exact) mass is 350 g/mol. The summed E-state index contributed by atoms with van der Waals surface area (Å²) in [5, 5.41) is 0.477. The molecule has 1 heterocycles. The van der Waals surface area contributed by atoms with Crippen LogP contribution < -0.4 is 5.73 Å². The topological polar surface area (TPSA) is 63.4 Å². The minimum atomic E-state index is -3.58. The van der Waals surface area contributed by atoms with Crippen LogP contribution in [0.25, 0.3) is 0 Å². The molecule has 0 radical (unpaired) electrons. The molecule has 2 rings (SSSR count). The molecule has 2 N–H and O–H groups in total. The first-order valence-electron chi connectivity index (χ1n) is 5.56. The van der Waals surface area contributed by atoms with Crippen molar-refractivity contribution in [3.63, 3.8) is 0 Å². The molecule has 1 aromatic heterocycles. The van der Waals surface area contributed by atoms with Crippen LogP contribution in [0.15, 0.2) is 34.5 Å². The van der Waals surface area contributed by atoms with Crippen molar-refractivity contribution in [1.29, 1.82) is 0 Å². The van der Waals surface area contributed by atoms with Crippen LogP contribution >= 0.6 is 34.5 Å². The van der Waals surface area contributed by atoms with Gasteiger partial charge in [0.25, 0.3) is 10.0 Å². The van der Waals surface area contributed by atoms with Crippen LogP contribution in [0, 0.1) is 0 Å². The molecule has 0 unspecified atom stereocenters. The summed E-state index contributed by atoms with van der Waals surface area (Å²) in [5.41, 5.74) is 6.87. The summed E-state index contributed by atoms with van der Waals surface area (Å²) < 4.78 is 26.5. The minimum Gasteiger partial charge on any atom is -0.399 e. The van der Waals surface area contributed by atoms with Crippen molar-refractivity contribution in [2.45, 2.75) is 10.8 Å². The largest absolute Gasteiger partial charge is 0.399 e. The maximum absolute atomic E-state index is 12.3. The van der Waals surface area contributed by atoms with Crippen LogP contribution in [-0.4, -0.2) is 19.8 Å². The number of nitrogen functional groups attached to an aromatic ring is 1. The predicted octanol–water partition coefficient (Wildman–Crippen LogP) is 3.46. The van der Waals surface area contributed by atoms with Gasteiger partial charge in [0.15, 0.2) is 0 Å². The Labute approximate surface area is 131 Å². The lowest BCUT2D eigenvalue weighted by Gasteiger charge is -2.17. The fourth-order valence-corrected chi connectivity index (χ4v) is 4.65. The van der Waals surface area contributed by atoms with E-state index in [1.807, 2.05) is 0 Å². The van der Waals surface area contributed by atoms with Crippen molar-refractivity contribution in [3.8, 4) is 0 Å². The van der Waals surface area contributed by atoms with E-state index in [1.165, 1.54) is 17.4 Å². The molecule has 0 aliphatic heterocycles. The third kappa shape index (κ3) is 3.27. The van der Waals surface area contributed by atoms with Crippen LogP contribution in [0.2, 0.25) is 9.36 Å². The summed E-state index contributed by atoms with van der Waals surface area (Å²) in [6, 6.07) is 8.02. The van der Waals surface area contributed by atoms with E-state index in [2.05, 4.69) is 0 Å². The number of thiophene rings is 1. The molecule has 108 valence electrons. The summed E-state index contributed by atoms with van der Waals surface area (Å²) in [5.74, 6) is 0. The van der Waals surface area contributed by atoms with Crippen molar-refractivity contribution in [2.75, 3.05) is 12.8 Å². The first-order chi connectivity index (χ1) is 9.30. The highest BCUT2D eigenvalue weighted by molar-refractivity contribution is 7.91. The van der Waals surface area contributed by atoms with E-state index in [1.54, 1.807) is 24.3 Å². The fourth-order valence-electron chi connectivity index (χ4n) is 1.63. The molecule has 0 fully saturated rings. The van der Waals surface area contributed by atoms with E-state index < -0.39 is 10.0 Å². The number of hydrogen-bond acceptors (Lipinski definition) is 4. The second-order valence-electron chi connectivity index (χ2n) is 4.17. The molecule has 0 saturated heterocycles. The lowest BCUT2D eigenvalue weighted by Crippen LogP contribution is -2.26. The van der Waals surface area contributed by atoms with Crippen molar-refractivity contribution in [2.24, 2.45) is 0 Å². The predicted molar refractivity (Wildman–Crippen MR) is 83.8 cm³/mol. The molecule has 20 heavy (non-hydrogen) atoms. The molecule has 0 spiro atoms. The van der Waals surface area contributed by atoms with Gasteiger partial charge in [-0.3, -0.25) is 0 Å². The van der Waals surface area contributed by atoms with Crippen LogP contribution in [0.3, 0.4) is 0 Å². The molecule has 0 aliphatic carbocycles. The van der Waals surface area contributed by atoms with E-state index in [4.69, 9.17) is 28.9 Å². The van der Waals surface area contributed by atoms with E-state index in [9.17, 15) is 8.42 Å². The second kappa shape index (κ2) is 5.91. The maximum Gasteiger partial charge on any atom is 0.252 e. The van der Waals surface area contributed by atoms with Crippen LogP contribution in [0.5, 0.6) is 0 Å². The number of halogens is 2. The number of nitrogens with zero attached hydrogens (tertiary/aromatic N) is 1. The Bertz CT molecular complexity index is 729. The number of rotatable bonds is 4. The summed E-state index contributed by atoms with van der Waals surface area (Å²) in [6.45, 7) is 0.141. The Hall–Kier alpha value is -0.790. The molecule has 4 nitrogen and oxygen atoms in total. The molecule has 2 aromatic rings. The van der Waals surface area contributed by atoms with Crippen LogP contribution in [-0.2, 0) is 16.6 Å². The zero-order chi connectivity index (χ0) is 14.9. The van der Waals surface area contributed by atoms with Gasteiger partial charge >= 0.3 is 0 Å². The lowest BCUT2D eigenvalue weighted by atomic mass is 10.2. The first-order valence-corrected chi connectivity index (χ1v) is 8.57. The summed E-state index contributed by atoms with van der Waals surface area (Å²) in [4.78, 5) is 0. The highest BCUT2D eigenvalue weighted by atomic mass is 35.5. The second-order valence-corrected chi connectivity index (χ2v) is 8.56. The van der Waals surface area contributed by atoms with Crippen molar-refractivity contribution in [1.82, 2.24) is 4.31 Å². The van der Waals surface area contributed by atoms with Gasteiger partial charge in [0, 0.05) is 24.3 Å². The van der Waals surface area contributed by atoms with E-state index >= 15 is 0 Å². The van der Waals surface area contributed by atoms with Gasteiger partial charge in [-0.1, -0.05) is 23.2 Å². The summed E-state index contributed by atoms with van der Waals surface area (Å²) in [6.07, 6.45) is 0. The van der Waals surface area contributed by atoms with Crippen LogP contribution in [0.4, 0.5) is 5.69 Å². The zero-order valence-electron chi connectivity index (χ0n) is 10.5. The average Bonchev–Trinajstić information content (AvgIpc) is 2.81. The Morgan fingerprint density at radius 2 is 1.95 bits per heavy atom. The lowest BCUT2D eigenvalue weighted by molar-refractivity contribution is 0.468. The van der Waals surface area contributed by atoms with Gasteiger partial charge in [-0.15, -0.1) is 11.3 Å². The fraction of sp³-hybridized carbons (Fsp3) is 0.167.